The minimum absolute atomic E-state index is 0.380. The highest BCUT2D eigenvalue weighted by Crippen LogP contribution is 2.45. The number of Topliss-reactive ketones (excluding diaryl/α,β-unsaturated/α-hetero) is 1. The third-order valence-electron chi connectivity index (χ3n) is 3.76. The fourth-order valence-electron chi connectivity index (χ4n) is 2.78. The van der Waals surface area contributed by atoms with Gasteiger partial charge in [-0.1, -0.05) is 13.8 Å². The lowest BCUT2D eigenvalue weighted by Crippen LogP contribution is -2.18. The predicted octanol–water partition coefficient (Wildman–Crippen LogP) is 2.26. The average molecular weight is 152 g/mol. The largest absolute Gasteiger partial charge is 0.299 e. The van der Waals surface area contributed by atoms with Gasteiger partial charge >= 0.3 is 0 Å². The van der Waals surface area contributed by atoms with E-state index in [-0.39, 0.29) is 0 Å². The van der Waals surface area contributed by atoms with Crippen LogP contribution in [0.5, 0.6) is 0 Å². The SMILES string of the molecule is CC1CCC2CC1C(=O)C2C. The summed E-state index contributed by atoms with van der Waals surface area (Å²) in [6, 6.07) is 0. The van der Waals surface area contributed by atoms with Gasteiger partial charge < -0.3 is 0 Å². The van der Waals surface area contributed by atoms with Crippen molar-refractivity contribution in [3.8, 4) is 0 Å². The molecule has 0 aromatic carbocycles. The highest BCUT2D eigenvalue weighted by molar-refractivity contribution is 5.86. The van der Waals surface area contributed by atoms with Crippen molar-refractivity contribution in [3.63, 3.8) is 0 Å². The summed E-state index contributed by atoms with van der Waals surface area (Å²) in [6.07, 6.45) is 3.77. The monoisotopic (exact) mass is 152 g/mol. The normalized spacial score (nSPS) is 49.8. The number of carbonyl (C=O) groups excluding carboxylic acids is 1. The third kappa shape index (κ3) is 0.935. The summed E-state index contributed by atoms with van der Waals surface area (Å²) in [5.74, 6) is 2.78. The Bertz CT molecular complexity index is 185. The summed E-state index contributed by atoms with van der Waals surface area (Å²) in [4.78, 5) is 11.6. The quantitative estimate of drug-likeness (QED) is 0.520. The number of hydrogen-bond donors (Lipinski definition) is 0. The Labute approximate surface area is 68.2 Å². The van der Waals surface area contributed by atoms with Gasteiger partial charge in [0.25, 0.3) is 0 Å². The first-order valence-electron chi connectivity index (χ1n) is 4.74. The van der Waals surface area contributed by atoms with Crippen LogP contribution in [-0.2, 0) is 4.79 Å². The lowest BCUT2D eigenvalue weighted by Gasteiger charge is -2.23. The summed E-state index contributed by atoms with van der Waals surface area (Å²) >= 11 is 0. The minimum atomic E-state index is 0.380. The number of rotatable bonds is 0. The molecular formula is C10H16O. The molecule has 1 nitrogen and oxygen atoms in total. The van der Waals surface area contributed by atoms with Crippen molar-refractivity contribution in [2.75, 3.05) is 0 Å². The summed E-state index contributed by atoms with van der Waals surface area (Å²) in [5, 5.41) is 0. The van der Waals surface area contributed by atoms with E-state index in [9.17, 15) is 4.79 Å². The molecule has 0 N–H and O–H groups in total. The lowest BCUT2D eigenvalue weighted by atomic mass is 9.81. The number of hydrogen-bond acceptors (Lipinski definition) is 1. The Morgan fingerprint density at radius 2 is 2.00 bits per heavy atom. The second kappa shape index (κ2) is 2.33. The number of carbonyl (C=O) groups is 1. The van der Waals surface area contributed by atoms with E-state index in [1.165, 1.54) is 19.3 Å². The average Bonchev–Trinajstić information content (AvgIpc) is 2.24. The molecule has 0 aromatic rings. The van der Waals surface area contributed by atoms with Gasteiger partial charge in [-0.05, 0) is 31.1 Å². The van der Waals surface area contributed by atoms with Crippen molar-refractivity contribution < 1.29 is 4.79 Å². The van der Waals surface area contributed by atoms with Crippen molar-refractivity contribution in [3.05, 3.63) is 0 Å². The lowest BCUT2D eigenvalue weighted by molar-refractivity contribution is -0.124. The van der Waals surface area contributed by atoms with E-state index in [4.69, 9.17) is 0 Å². The maximum atomic E-state index is 11.6. The van der Waals surface area contributed by atoms with E-state index in [0.29, 0.717) is 23.5 Å². The second-order valence-corrected chi connectivity index (χ2v) is 4.35. The summed E-state index contributed by atoms with van der Waals surface area (Å²) in [7, 11) is 0. The Hall–Kier alpha value is -0.330. The predicted molar refractivity (Wildman–Crippen MR) is 44.2 cm³/mol. The van der Waals surface area contributed by atoms with Gasteiger partial charge in [0.05, 0.1) is 0 Å². The van der Waals surface area contributed by atoms with Crippen molar-refractivity contribution in [2.45, 2.75) is 33.1 Å². The van der Waals surface area contributed by atoms with Gasteiger partial charge in [0, 0.05) is 11.8 Å². The summed E-state index contributed by atoms with van der Waals surface area (Å²) in [5.41, 5.74) is 0. The fourth-order valence-corrected chi connectivity index (χ4v) is 2.78. The molecule has 1 heteroatoms. The Kier molecular flexibility index (Phi) is 1.55. The topological polar surface area (TPSA) is 17.1 Å². The smallest absolute Gasteiger partial charge is 0.139 e. The fraction of sp³-hybridized carbons (Fsp3) is 0.900. The molecule has 4 atom stereocenters. The molecular weight excluding hydrogens is 136 g/mol. The second-order valence-electron chi connectivity index (χ2n) is 4.35. The summed E-state index contributed by atoms with van der Waals surface area (Å²) < 4.78 is 0. The van der Waals surface area contributed by atoms with E-state index in [2.05, 4.69) is 13.8 Å². The van der Waals surface area contributed by atoms with Gasteiger partial charge in [-0.25, -0.2) is 0 Å². The molecule has 0 spiro atoms. The standard InChI is InChI=1S/C10H16O/c1-6-3-4-8-5-9(6)10(11)7(8)2/h6-9H,3-5H2,1-2H3. The molecule has 2 bridgehead atoms. The molecule has 0 radical (unpaired) electrons. The zero-order chi connectivity index (χ0) is 8.01. The molecule has 2 rings (SSSR count). The number of ketones is 1. The van der Waals surface area contributed by atoms with E-state index in [0.717, 1.165) is 5.92 Å². The highest BCUT2D eigenvalue weighted by Gasteiger charge is 2.44. The first-order chi connectivity index (χ1) is 5.20. The molecule has 2 aliphatic rings. The van der Waals surface area contributed by atoms with Crippen LogP contribution in [0.1, 0.15) is 33.1 Å². The molecule has 62 valence electrons. The van der Waals surface area contributed by atoms with E-state index in [1.54, 1.807) is 0 Å². The molecule has 2 saturated carbocycles. The van der Waals surface area contributed by atoms with Crippen LogP contribution in [0.2, 0.25) is 0 Å². The van der Waals surface area contributed by atoms with Crippen LogP contribution in [0, 0.1) is 23.7 Å². The molecule has 0 amide bonds. The molecule has 0 aliphatic heterocycles. The molecule has 2 fully saturated rings. The first-order valence-corrected chi connectivity index (χ1v) is 4.74. The van der Waals surface area contributed by atoms with Crippen LogP contribution in [0.15, 0.2) is 0 Å². The van der Waals surface area contributed by atoms with Crippen LogP contribution >= 0.6 is 0 Å². The van der Waals surface area contributed by atoms with Gasteiger partial charge in [0.1, 0.15) is 5.78 Å². The maximum absolute atomic E-state index is 11.6. The van der Waals surface area contributed by atoms with Gasteiger partial charge in [-0.3, -0.25) is 4.79 Å². The van der Waals surface area contributed by atoms with Crippen LogP contribution < -0.4 is 0 Å². The molecule has 2 aliphatic carbocycles. The maximum Gasteiger partial charge on any atom is 0.139 e. The first kappa shape index (κ1) is 7.33. The molecule has 0 aromatic heterocycles. The Balaban J connectivity index is 2.22. The van der Waals surface area contributed by atoms with Gasteiger partial charge in [0.2, 0.25) is 0 Å². The van der Waals surface area contributed by atoms with Crippen LogP contribution in [0.4, 0.5) is 0 Å². The van der Waals surface area contributed by atoms with Crippen molar-refractivity contribution >= 4 is 5.78 Å². The molecule has 11 heavy (non-hydrogen) atoms. The summed E-state index contributed by atoms with van der Waals surface area (Å²) in [6.45, 7) is 4.35. The van der Waals surface area contributed by atoms with E-state index >= 15 is 0 Å². The minimum Gasteiger partial charge on any atom is -0.299 e. The van der Waals surface area contributed by atoms with Crippen molar-refractivity contribution in [1.29, 1.82) is 0 Å². The van der Waals surface area contributed by atoms with Crippen molar-refractivity contribution in [2.24, 2.45) is 23.7 Å². The Morgan fingerprint density at radius 3 is 2.64 bits per heavy atom. The molecule has 0 saturated heterocycles. The van der Waals surface area contributed by atoms with E-state index < -0.39 is 0 Å². The van der Waals surface area contributed by atoms with Gasteiger partial charge in [-0.2, -0.15) is 0 Å². The number of fused-ring (bicyclic) bond motifs is 2. The highest BCUT2D eigenvalue weighted by atomic mass is 16.1. The van der Waals surface area contributed by atoms with Gasteiger partial charge in [0.15, 0.2) is 0 Å². The molecule has 0 heterocycles. The van der Waals surface area contributed by atoms with Gasteiger partial charge in [-0.15, -0.1) is 0 Å². The zero-order valence-electron chi connectivity index (χ0n) is 7.34. The van der Waals surface area contributed by atoms with Crippen LogP contribution in [0.3, 0.4) is 0 Å². The van der Waals surface area contributed by atoms with E-state index in [1.807, 2.05) is 0 Å². The van der Waals surface area contributed by atoms with Crippen LogP contribution in [-0.4, -0.2) is 5.78 Å². The Morgan fingerprint density at radius 1 is 1.27 bits per heavy atom. The van der Waals surface area contributed by atoms with Crippen LogP contribution in [0.25, 0.3) is 0 Å². The zero-order valence-corrected chi connectivity index (χ0v) is 7.34. The molecule has 4 unspecified atom stereocenters. The third-order valence-corrected chi connectivity index (χ3v) is 3.76. The van der Waals surface area contributed by atoms with Crippen molar-refractivity contribution in [1.82, 2.24) is 0 Å².